The van der Waals surface area contributed by atoms with Gasteiger partial charge in [-0.3, -0.25) is 9.69 Å². The first kappa shape index (κ1) is 20.2. The van der Waals surface area contributed by atoms with E-state index in [0.29, 0.717) is 23.8 Å². The second kappa shape index (κ2) is 9.15. The number of hydrogen-bond acceptors (Lipinski definition) is 6. The Balaban J connectivity index is 1.70. The lowest BCUT2D eigenvalue weighted by Crippen LogP contribution is -2.37. The number of thioether (sulfide) groups is 1. The van der Waals surface area contributed by atoms with Crippen molar-refractivity contribution in [2.75, 3.05) is 30.9 Å². The van der Waals surface area contributed by atoms with Crippen molar-refractivity contribution in [3.05, 3.63) is 48.0 Å². The van der Waals surface area contributed by atoms with Gasteiger partial charge in [0.1, 0.15) is 11.3 Å². The van der Waals surface area contributed by atoms with Gasteiger partial charge < -0.3 is 9.47 Å². The predicted octanol–water partition coefficient (Wildman–Crippen LogP) is 5.24. The van der Waals surface area contributed by atoms with Crippen molar-refractivity contribution >= 4 is 44.4 Å². The molecule has 1 saturated heterocycles. The first-order chi connectivity index (χ1) is 14.2. The smallest absolute Gasteiger partial charge is 0.260 e. The van der Waals surface area contributed by atoms with Gasteiger partial charge in [0.05, 0.1) is 24.0 Å². The molecule has 1 aromatic heterocycles. The van der Waals surface area contributed by atoms with Crippen LogP contribution in [0.5, 0.6) is 5.75 Å². The second-order valence-electron chi connectivity index (χ2n) is 6.81. The molecule has 1 aliphatic heterocycles. The van der Waals surface area contributed by atoms with Crippen molar-refractivity contribution in [2.45, 2.75) is 30.8 Å². The number of fused-ring (bicyclic) bond motifs is 1. The molecular formula is C22H24N2O3S2. The SMILES string of the molecule is CCOc1cccc2sc(N(CC3CCCO3)C(=O)c3ccc(SC)cc3)nc12. The fourth-order valence-electron chi connectivity index (χ4n) is 3.43. The number of aromatic nitrogens is 1. The molecule has 152 valence electrons. The van der Waals surface area contributed by atoms with Crippen molar-refractivity contribution in [2.24, 2.45) is 0 Å². The largest absolute Gasteiger partial charge is 0.492 e. The van der Waals surface area contributed by atoms with Crippen LogP contribution in [0, 0.1) is 0 Å². The summed E-state index contributed by atoms with van der Waals surface area (Å²) < 4.78 is 12.6. The van der Waals surface area contributed by atoms with Crippen LogP contribution in [0.3, 0.4) is 0 Å². The van der Waals surface area contributed by atoms with E-state index in [1.165, 1.54) is 11.3 Å². The van der Waals surface area contributed by atoms with E-state index >= 15 is 0 Å². The molecule has 29 heavy (non-hydrogen) atoms. The monoisotopic (exact) mass is 428 g/mol. The summed E-state index contributed by atoms with van der Waals surface area (Å²) in [5, 5.41) is 0.682. The minimum atomic E-state index is -0.0508. The van der Waals surface area contributed by atoms with Crippen molar-refractivity contribution in [1.29, 1.82) is 0 Å². The first-order valence-corrected chi connectivity index (χ1v) is 11.8. The van der Waals surface area contributed by atoms with Gasteiger partial charge in [-0.25, -0.2) is 4.98 Å². The molecule has 1 aliphatic rings. The molecule has 1 unspecified atom stereocenters. The third kappa shape index (κ3) is 4.42. The lowest BCUT2D eigenvalue weighted by molar-refractivity contribution is 0.0917. The maximum Gasteiger partial charge on any atom is 0.260 e. The molecule has 1 fully saturated rings. The Hall–Kier alpha value is -2.09. The third-order valence-electron chi connectivity index (χ3n) is 4.89. The minimum Gasteiger partial charge on any atom is -0.492 e. The lowest BCUT2D eigenvalue weighted by atomic mass is 10.2. The number of anilines is 1. The Labute approximate surface area is 179 Å². The van der Waals surface area contributed by atoms with Gasteiger partial charge in [-0.05, 0) is 62.4 Å². The number of rotatable bonds is 7. The molecule has 3 aromatic rings. The highest BCUT2D eigenvalue weighted by molar-refractivity contribution is 7.98. The molecule has 0 bridgehead atoms. The summed E-state index contributed by atoms with van der Waals surface area (Å²) in [7, 11) is 0. The van der Waals surface area contributed by atoms with Crippen molar-refractivity contribution in [1.82, 2.24) is 4.98 Å². The zero-order valence-corrected chi connectivity index (χ0v) is 18.2. The van der Waals surface area contributed by atoms with Gasteiger partial charge in [0, 0.05) is 17.1 Å². The van der Waals surface area contributed by atoms with Crippen molar-refractivity contribution in [3.8, 4) is 5.75 Å². The van der Waals surface area contributed by atoms with Crippen molar-refractivity contribution < 1.29 is 14.3 Å². The normalized spacial score (nSPS) is 16.3. The summed E-state index contributed by atoms with van der Waals surface area (Å²) in [6, 6.07) is 13.6. The summed E-state index contributed by atoms with van der Waals surface area (Å²) in [6.07, 6.45) is 4.06. The molecule has 7 heteroatoms. The van der Waals surface area contributed by atoms with Crippen molar-refractivity contribution in [3.63, 3.8) is 0 Å². The fourth-order valence-corrected chi connectivity index (χ4v) is 4.83. The van der Waals surface area contributed by atoms with Crippen LogP contribution in [-0.2, 0) is 4.74 Å². The predicted molar refractivity (Wildman–Crippen MR) is 120 cm³/mol. The van der Waals surface area contributed by atoms with Gasteiger partial charge in [-0.2, -0.15) is 0 Å². The summed E-state index contributed by atoms with van der Waals surface area (Å²) in [5.74, 6) is 0.700. The van der Waals surface area contributed by atoms with E-state index in [-0.39, 0.29) is 12.0 Å². The minimum absolute atomic E-state index is 0.0443. The molecule has 5 nitrogen and oxygen atoms in total. The molecule has 1 atom stereocenters. The Morgan fingerprint density at radius 2 is 2.14 bits per heavy atom. The van der Waals surface area contributed by atoms with Crippen LogP contribution in [0.25, 0.3) is 10.2 Å². The van der Waals surface area contributed by atoms with Crippen LogP contribution in [0.15, 0.2) is 47.4 Å². The van der Waals surface area contributed by atoms with Crippen LogP contribution < -0.4 is 9.64 Å². The average molecular weight is 429 g/mol. The summed E-state index contributed by atoms with van der Waals surface area (Å²) in [5.41, 5.74) is 1.46. The number of amides is 1. The highest BCUT2D eigenvalue weighted by Crippen LogP contribution is 2.35. The molecule has 0 radical (unpaired) electrons. The molecular weight excluding hydrogens is 404 g/mol. The molecule has 0 spiro atoms. The second-order valence-corrected chi connectivity index (χ2v) is 8.70. The van der Waals surface area contributed by atoms with Gasteiger partial charge in [0.15, 0.2) is 5.13 Å². The van der Waals surface area contributed by atoms with E-state index in [1.54, 1.807) is 16.7 Å². The van der Waals surface area contributed by atoms with Crippen LogP contribution in [-0.4, -0.2) is 43.0 Å². The highest BCUT2D eigenvalue weighted by atomic mass is 32.2. The molecule has 4 rings (SSSR count). The zero-order chi connectivity index (χ0) is 20.2. The number of carbonyl (C=O) groups is 1. The third-order valence-corrected chi connectivity index (χ3v) is 6.68. The average Bonchev–Trinajstić information content (AvgIpc) is 3.42. The molecule has 0 saturated carbocycles. The Kier molecular flexibility index (Phi) is 6.37. The van der Waals surface area contributed by atoms with E-state index in [2.05, 4.69) is 0 Å². The van der Waals surface area contributed by atoms with Crippen LogP contribution >= 0.6 is 23.1 Å². The van der Waals surface area contributed by atoms with E-state index in [4.69, 9.17) is 14.5 Å². The number of thiazole rings is 1. The van der Waals surface area contributed by atoms with E-state index < -0.39 is 0 Å². The standard InChI is InChI=1S/C22H24N2O3S2/c1-3-26-18-7-4-8-19-20(18)23-22(29-19)24(14-16-6-5-13-27-16)21(25)15-9-11-17(28-2)12-10-15/h4,7-12,16H,3,5-6,13-14H2,1-2H3. The molecule has 0 N–H and O–H groups in total. The Morgan fingerprint density at radius 1 is 1.31 bits per heavy atom. The first-order valence-electron chi connectivity index (χ1n) is 9.79. The number of para-hydroxylation sites is 1. The maximum absolute atomic E-state index is 13.4. The highest BCUT2D eigenvalue weighted by Gasteiger charge is 2.27. The van der Waals surface area contributed by atoms with Crippen LogP contribution in [0.4, 0.5) is 5.13 Å². The zero-order valence-electron chi connectivity index (χ0n) is 16.6. The summed E-state index contributed by atoms with van der Waals surface area (Å²) in [6.45, 7) is 3.79. The topological polar surface area (TPSA) is 51.7 Å². The van der Waals surface area contributed by atoms with Gasteiger partial charge in [0.2, 0.25) is 0 Å². The van der Waals surface area contributed by atoms with Gasteiger partial charge in [-0.1, -0.05) is 17.4 Å². The van der Waals surface area contributed by atoms with Gasteiger partial charge in [-0.15, -0.1) is 11.8 Å². The van der Waals surface area contributed by atoms with E-state index in [0.717, 1.165) is 40.3 Å². The number of nitrogens with zero attached hydrogens (tertiary/aromatic N) is 2. The van der Waals surface area contributed by atoms with E-state index in [9.17, 15) is 4.79 Å². The quantitative estimate of drug-likeness (QED) is 0.482. The van der Waals surface area contributed by atoms with E-state index in [1.807, 2.05) is 55.6 Å². The van der Waals surface area contributed by atoms with Gasteiger partial charge in [0.25, 0.3) is 5.91 Å². The molecule has 2 aromatic carbocycles. The molecule has 2 heterocycles. The fraction of sp³-hybridized carbons (Fsp3) is 0.364. The number of ether oxygens (including phenoxy) is 2. The molecule has 1 amide bonds. The van der Waals surface area contributed by atoms with Crippen LogP contribution in [0.2, 0.25) is 0 Å². The maximum atomic E-state index is 13.4. The summed E-state index contributed by atoms with van der Waals surface area (Å²) >= 11 is 3.17. The summed E-state index contributed by atoms with van der Waals surface area (Å²) in [4.78, 5) is 21.1. The van der Waals surface area contributed by atoms with Crippen LogP contribution in [0.1, 0.15) is 30.1 Å². The Bertz CT molecular complexity index is 981. The number of benzene rings is 2. The number of carbonyl (C=O) groups excluding carboxylic acids is 1. The lowest BCUT2D eigenvalue weighted by Gasteiger charge is -2.23. The number of hydrogen-bond donors (Lipinski definition) is 0. The Morgan fingerprint density at radius 3 is 2.83 bits per heavy atom. The van der Waals surface area contributed by atoms with Gasteiger partial charge >= 0.3 is 0 Å². The molecule has 0 aliphatic carbocycles.